The number of guanidine groups is 1. The molecule has 0 aliphatic carbocycles. The summed E-state index contributed by atoms with van der Waals surface area (Å²) in [5.41, 5.74) is -5.29. The van der Waals surface area contributed by atoms with Crippen LogP contribution in [0, 0.1) is 0 Å². The fourth-order valence-corrected chi connectivity index (χ4v) is 3.28. The summed E-state index contributed by atoms with van der Waals surface area (Å²) in [6.45, 7) is 0.236. The number of hydrogen-bond donors (Lipinski definition) is 3. The zero-order valence-corrected chi connectivity index (χ0v) is 18.2. The summed E-state index contributed by atoms with van der Waals surface area (Å²) >= 11 is 0. The number of alkyl halides is 3. The molecule has 1 saturated heterocycles. The number of hydrogen-bond acceptors (Lipinski definition) is 5. The maximum Gasteiger partial charge on any atom is 0.511 e. The molecule has 160 valence electrons. The highest BCUT2D eigenvalue weighted by molar-refractivity contribution is 14.0. The fourth-order valence-electron chi connectivity index (χ4n) is 2.29. The molecule has 0 unspecified atom stereocenters. The van der Waals surface area contributed by atoms with Gasteiger partial charge in [0.1, 0.15) is 0 Å². The second-order valence-electron chi connectivity index (χ2n) is 5.54. The van der Waals surface area contributed by atoms with Crippen molar-refractivity contribution in [1.29, 1.82) is 0 Å². The SMILES string of the molecule is CN=C(NCC(=O)NCCOC)NC1CCN(S(=O)(=O)C(F)(F)F)CC1.I. The maximum atomic E-state index is 12.5. The first-order chi connectivity index (χ1) is 12.1. The molecular formula is C13H25F3IN5O4S. The van der Waals surface area contributed by atoms with Gasteiger partial charge in [0, 0.05) is 39.8 Å². The molecule has 9 nitrogen and oxygen atoms in total. The summed E-state index contributed by atoms with van der Waals surface area (Å²) in [5, 5.41) is 8.37. The maximum absolute atomic E-state index is 12.5. The van der Waals surface area contributed by atoms with Crippen molar-refractivity contribution >= 4 is 45.9 Å². The molecule has 0 saturated carbocycles. The van der Waals surface area contributed by atoms with Crippen LogP contribution in [-0.4, -0.2) is 83.1 Å². The van der Waals surface area contributed by atoms with Crippen LogP contribution in [0.4, 0.5) is 13.2 Å². The number of carbonyl (C=O) groups is 1. The van der Waals surface area contributed by atoms with Gasteiger partial charge in [-0.25, -0.2) is 8.42 Å². The van der Waals surface area contributed by atoms with E-state index in [1.807, 2.05) is 0 Å². The largest absolute Gasteiger partial charge is 0.511 e. The van der Waals surface area contributed by atoms with Crippen LogP contribution in [0.15, 0.2) is 4.99 Å². The van der Waals surface area contributed by atoms with Crippen LogP contribution >= 0.6 is 24.0 Å². The van der Waals surface area contributed by atoms with Gasteiger partial charge in [-0.1, -0.05) is 0 Å². The molecule has 1 rings (SSSR count). The van der Waals surface area contributed by atoms with Crippen molar-refractivity contribution in [1.82, 2.24) is 20.3 Å². The predicted octanol–water partition coefficient (Wildman–Crippen LogP) is -0.154. The van der Waals surface area contributed by atoms with E-state index in [0.29, 0.717) is 23.4 Å². The molecule has 0 aromatic heterocycles. The third-order valence-corrected chi connectivity index (χ3v) is 5.33. The Hall–Kier alpha value is -0.870. The average Bonchev–Trinajstić information content (AvgIpc) is 2.58. The standard InChI is InChI=1S/C13H24F3N5O4S.HI/c1-17-12(19-9-11(22)18-5-8-25-2)20-10-3-6-21(7-4-10)26(23,24)13(14,15)16;/h10H,3-9H2,1-2H3,(H,18,22)(H2,17,19,20);1H. The number of methoxy groups -OCH3 is 1. The molecule has 27 heavy (non-hydrogen) atoms. The van der Waals surface area contributed by atoms with Crippen molar-refractivity contribution in [2.75, 3.05) is 46.9 Å². The van der Waals surface area contributed by atoms with Crippen molar-refractivity contribution in [3.8, 4) is 0 Å². The van der Waals surface area contributed by atoms with Gasteiger partial charge in [0.2, 0.25) is 5.91 Å². The van der Waals surface area contributed by atoms with Gasteiger partial charge in [0.15, 0.2) is 5.96 Å². The van der Waals surface area contributed by atoms with E-state index in [9.17, 15) is 26.4 Å². The third-order valence-electron chi connectivity index (χ3n) is 3.70. The molecule has 0 radical (unpaired) electrons. The minimum absolute atomic E-state index is 0. The summed E-state index contributed by atoms with van der Waals surface area (Å²) in [7, 11) is -2.29. The Bertz CT molecular complexity index is 595. The number of ether oxygens (including phenoxy) is 1. The monoisotopic (exact) mass is 531 g/mol. The van der Waals surface area contributed by atoms with Gasteiger partial charge >= 0.3 is 15.5 Å². The number of carbonyl (C=O) groups excluding carboxylic acids is 1. The van der Waals surface area contributed by atoms with Gasteiger partial charge in [-0.15, -0.1) is 24.0 Å². The van der Waals surface area contributed by atoms with Crippen molar-refractivity contribution in [3.63, 3.8) is 0 Å². The second kappa shape index (κ2) is 11.9. The van der Waals surface area contributed by atoms with E-state index >= 15 is 0 Å². The lowest BCUT2D eigenvalue weighted by atomic mass is 10.1. The summed E-state index contributed by atoms with van der Waals surface area (Å²) in [6, 6.07) is -0.252. The first kappa shape index (κ1) is 26.1. The first-order valence-electron chi connectivity index (χ1n) is 7.91. The van der Waals surface area contributed by atoms with Crippen molar-refractivity contribution in [2.24, 2.45) is 4.99 Å². The Morgan fingerprint density at radius 2 is 1.85 bits per heavy atom. The number of piperidine rings is 1. The quantitative estimate of drug-likeness (QED) is 0.182. The minimum Gasteiger partial charge on any atom is -0.383 e. The molecule has 1 heterocycles. The third kappa shape index (κ3) is 8.35. The lowest BCUT2D eigenvalue weighted by Crippen LogP contribution is -2.52. The highest BCUT2D eigenvalue weighted by Crippen LogP contribution is 2.28. The number of nitrogens with one attached hydrogen (secondary N) is 3. The number of aliphatic imine (C=N–C) groups is 1. The van der Waals surface area contributed by atoms with Crippen LogP contribution in [-0.2, 0) is 19.6 Å². The van der Waals surface area contributed by atoms with Gasteiger partial charge < -0.3 is 20.7 Å². The Balaban J connectivity index is 0.00000676. The Morgan fingerprint density at radius 3 is 2.33 bits per heavy atom. The summed E-state index contributed by atoms with van der Waals surface area (Å²) < 4.78 is 65.6. The summed E-state index contributed by atoms with van der Waals surface area (Å²) in [5.74, 6) is 0.0418. The zero-order valence-electron chi connectivity index (χ0n) is 15.0. The molecule has 0 atom stereocenters. The van der Waals surface area contributed by atoms with Crippen LogP contribution < -0.4 is 16.0 Å². The molecule has 1 fully saturated rings. The van der Waals surface area contributed by atoms with Crippen LogP contribution in [0.2, 0.25) is 0 Å². The molecule has 1 amide bonds. The van der Waals surface area contributed by atoms with E-state index in [2.05, 4.69) is 20.9 Å². The Kier molecular flexibility index (Phi) is 11.5. The predicted molar refractivity (Wildman–Crippen MR) is 104 cm³/mol. The van der Waals surface area contributed by atoms with Gasteiger partial charge in [0.05, 0.1) is 13.2 Å². The van der Waals surface area contributed by atoms with Gasteiger partial charge in [-0.2, -0.15) is 17.5 Å². The smallest absolute Gasteiger partial charge is 0.383 e. The molecule has 3 N–H and O–H groups in total. The Morgan fingerprint density at radius 1 is 1.26 bits per heavy atom. The lowest BCUT2D eigenvalue weighted by Gasteiger charge is -2.32. The molecule has 1 aliphatic rings. The lowest BCUT2D eigenvalue weighted by molar-refractivity contribution is -0.120. The topological polar surface area (TPSA) is 112 Å². The van der Waals surface area contributed by atoms with Crippen LogP contribution in [0.3, 0.4) is 0 Å². The molecule has 0 bridgehead atoms. The van der Waals surface area contributed by atoms with E-state index < -0.39 is 15.5 Å². The van der Waals surface area contributed by atoms with E-state index in [1.165, 1.54) is 14.2 Å². The van der Waals surface area contributed by atoms with Crippen molar-refractivity contribution in [2.45, 2.75) is 24.4 Å². The molecule has 14 heteroatoms. The van der Waals surface area contributed by atoms with Crippen molar-refractivity contribution in [3.05, 3.63) is 0 Å². The molecule has 0 aromatic rings. The minimum atomic E-state index is -5.29. The highest BCUT2D eigenvalue weighted by Gasteiger charge is 2.50. The zero-order chi connectivity index (χ0) is 19.8. The number of sulfonamides is 1. The van der Waals surface area contributed by atoms with Crippen molar-refractivity contribution < 1.29 is 31.1 Å². The van der Waals surface area contributed by atoms with Gasteiger partial charge in [-0.3, -0.25) is 9.79 Å². The Labute approximate surface area is 173 Å². The van der Waals surface area contributed by atoms with E-state index in [-0.39, 0.29) is 68.4 Å². The molecule has 0 aromatic carbocycles. The van der Waals surface area contributed by atoms with Crippen LogP contribution in [0.5, 0.6) is 0 Å². The van der Waals surface area contributed by atoms with E-state index in [0.717, 1.165) is 0 Å². The van der Waals surface area contributed by atoms with Gasteiger partial charge in [0.25, 0.3) is 0 Å². The van der Waals surface area contributed by atoms with Crippen LogP contribution in [0.1, 0.15) is 12.8 Å². The number of amides is 1. The van der Waals surface area contributed by atoms with E-state index in [1.54, 1.807) is 0 Å². The normalized spacial score (nSPS) is 17.1. The molecule has 1 aliphatic heterocycles. The summed E-state index contributed by atoms with van der Waals surface area (Å²) in [4.78, 5) is 15.5. The first-order valence-corrected chi connectivity index (χ1v) is 9.35. The fraction of sp³-hybridized carbons (Fsp3) is 0.846. The number of nitrogens with zero attached hydrogens (tertiary/aromatic N) is 2. The summed E-state index contributed by atoms with van der Waals surface area (Å²) in [6.07, 6.45) is 0.381. The highest BCUT2D eigenvalue weighted by atomic mass is 127. The number of halogens is 4. The van der Waals surface area contributed by atoms with E-state index in [4.69, 9.17) is 4.74 Å². The second-order valence-corrected chi connectivity index (χ2v) is 7.47. The van der Waals surface area contributed by atoms with Crippen LogP contribution in [0.25, 0.3) is 0 Å². The molecular weight excluding hydrogens is 506 g/mol. The average molecular weight is 531 g/mol. The number of rotatable bonds is 7. The molecule has 0 spiro atoms. The van der Waals surface area contributed by atoms with Gasteiger partial charge in [-0.05, 0) is 12.8 Å².